The molecule has 3 nitrogen and oxygen atoms in total. The Morgan fingerprint density at radius 2 is 0.974 bits per heavy atom. The molecule has 3 heteroatoms. The fourth-order valence-corrected chi connectivity index (χ4v) is 7.58. The molecule has 38 heavy (non-hydrogen) atoms. The fourth-order valence-electron chi connectivity index (χ4n) is 7.58. The van der Waals surface area contributed by atoms with Crippen molar-refractivity contribution in [3.63, 3.8) is 0 Å². The van der Waals surface area contributed by atoms with Gasteiger partial charge in [0, 0.05) is 17.0 Å². The van der Waals surface area contributed by atoms with E-state index in [0.717, 1.165) is 53.5 Å². The van der Waals surface area contributed by atoms with E-state index in [2.05, 4.69) is 38.1 Å². The van der Waals surface area contributed by atoms with Gasteiger partial charge in [-0.25, -0.2) is 0 Å². The number of rotatable bonds is 5. The summed E-state index contributed by atoms with van der Waals surface area (Å²) in [6, 6.07) is 12.2. The van der Waals surface area contributed by atoms with Crippen LogP contribution in [0.4, 0.5) is 0 Å². The first-order valence-corrected chi connectivity index (χ1v) is 14.7. The third kappa shape index (κ3) is 4.93. The normalized spacial score (nSPS) is 17.3. The monoisotopic (exact) mass is 512 g/mol. The van der Waals surface area contributed by atoms with E-state index in [1.807, 2.05) is 26.0 Å². The molecule has 0 radical (unpaired) electrons. The van der Waals surface area contributed by atoms with Crippen molar-refractivity contribution in [3.8, 4) is 17.2 Å². The SMILES string of the molecule is Cc1cc(C(c2ccc(O)c(C3CCCCC3)c2C)c2ccc(O)c(C3CCCCC3)c2C)cc(C)c1O. The minimum Gasteiger partial charge on any atom is -0.508 e. The number of benzene rings is 3. The molecule has 3 N–H and O–H groups in total. The van der Waals surface area contributed by atoms with E-state index in [9.17, 15) is 15.3 Å². The number of phenols is 3. The summed E-state index contributed by atoms with van der Waals surface area (Å²) in [4.78, 5) is 0. The zero-order valence-electron chi connectivity index (χ0n) is 23.6. The van der Waals surface area contributed by atoms with Crippen molar-refractivity contribution in [2.24, 2.45) is 0 Å². The number of hydrogen-bond acceptors (Lipinski definition) is 3. The summed E-state index contributed by atoms with van der Waals surface area (Å²) in [6.45, 7) is 8.31. The lowest BCUT2D eigenvalue weighted by molar-refractivity contribution is 0.412. The largest absolute Gasteiger partial charge is 0.508 e. The first-order valence-electron chi connectivity index (χ1n) is 14.7. The Morgan fingerprint density at radius 1 is 0.579 bits per heavy atom. The van der Waals surface area contributed by atoms with E-state index < -0.39 is 0 Å². The molecule has 202 valence electrons. The van der Waals surface area contributed by atoms with Gasteiger partial charge in [0.05, 0.1) is 0 Å². The Hall–Kier alpha value is -2.94. The summed E-state index contributed by atoms with van der Waals surface area (Å²) in [5.41, 5.74) is 9.88. The molecule has 0 aromatic heterocycles. The number of aryl methyl sites for hydroxylation is 2. The van der Waals surface area contributed by atoms with Gasteiger partial charge in [-0.05, 0) is 116 Å². The second-order valence-electron chi connectivity index (χ2n) is 12.0. The van der Waals surface area contributed by atoms with Crippen molar-refractivity contribution in [2.75, 3.05) is 0 Å². The highest BCUT2D eigenvalue weighted by atomic mass is 16.3. The van der Waals surface area contributed by atoms with E-state index in [4.69, 9.17) is 0 Å². The lowest BCUT2D eigenvalue weighted by Gasteiger charge is -2.31. The topological polar surface area (TPSA) is 60.7 Å². The molecule has 0 spiro atoms. The Morgan fingerprint density at radius 3 is 1.37 bits per heavy atom. The number of phenolic OH excluding ortho intramolecular Hbond substituents is 3. The van der Waals surface area contributed by atoms with Gasteiger partial charge in [-0.2, -0.15) is 0 Å². The Labute approximate surface area is 228 Å². The Bertz CT molecular complexity index is 1210. The Balaban J connectivity index is 1.73. The van der Waals surface area contributed by atoms with Gasteiger partial charge < -0.3 is 15.3 Å². The van der Waals surface area contributed by atoms with Crippen molar-refractivity contribution in [1.29, 1.82) is 0 Å². The van der Waals surface area contributed by atoms with Crippen molar-refractivity contribution in [1.82, 2.24) is 0 Å². The zero-order chi connectivity index (χ0) is 27.0. The van der Waals surface area contributed by atoms with Crippen LogP contribution in [0.5, 0.6) is 17.2 Å². The Kier molecular flexibility index (Phi) is 7.75. The quantitative estimate of drug-likeness (QED) is 0.298. The van der Waals surface area contributed by atoms with Gasteiger partial charge in [0.2, 0.25) is 0 Å². The average Bonchev–Trinajstić information content (AvgIpc) is 2.91. The molecule has 0 heterocycles. The van der Waals surface area contributed by atoms with E-state index in [-0.39, 0.29) is 5.92 Å². The molecule has 2 aliphatic rings. The fraction of sp³-hybridized carbons (Fsp3) is 0.486. The van der Waals surface area contributed by atoms with Gasteiger partial charge in [-0.15, -0.1) is 0 Å². The van der Waals surface area contributed by atoms with Crippen molar-refractivity contribution in [2.45, 2.75) is 110 Å². The standard InChI is InChI=1S/C35H44O3/c1-21-19-27(20-22(2)35(21)38)34(28-15-17-30(36)32(23(28)3)25-11-7-5-8-12-25)29-16-18-31(37)33(24(29)4)26-13-9-6-10-14-26/h15-20,25-26,34,36-38H,5-14H2,1-4H3. The molecule has 0 amide bonds. The molecule has 0 bridgehead atoms. The molecule has 0 unspecified atom stereocenters. The van der Waals surface area contributed by atoms with Gasteiger partial charge in [0.25, 0.3) is 0 Å². The molecule has 0 atom stereocenters. The summed E-state index contributed by atoms with van der Waals surface area (Å²) in [5.74, 6) is 1.92. The molecule has 3 aromatic rings. The van der Waals surface area contributed by atoms with Crippen LogP contribution in [0, 0.1) is 27.7 Å². The van der Waals surface area contributed by atoms with E-state index in [1.54, 1.807) is 0 Å². The maximum atomic E-state index is 11.1. The van der Waals surface area contributed by atoms with Gasteiger partial charge in [0.15, 0.2) is 0 Å². The highest BCUT2D eigenvalue weighted by molar-refractivity contribution is 5.59. The van der Waals surface area contributed by atoms with E-state index in [1.165, 1.54) is 60.8 Å². The first kappa shape index (κ1) is 26.7. The lowest BCUT2D eigenvalue weighted by Crippen LogP contribution is -2.14. The second-order valence-corrected chi connectivity index (χ2v) is 12.0. The van der Waals surface area contributed by atoms with Crippen LogP contribution in [-0.4, -0.2) is 15.3 Å². The van der Waals surface area contributed by atoms with Crippen LogP contribution in [0.25, 0.3) is 0 Å². The van der Waals surface area contributed by atoms with Crippen molar-refractivity contribution < 1.29 is 15.3 Å². The molecule has 2 saturated carbocycles. The molecule has 2 aliphatic carbocycles. The third-order valence-electron chi connectivity index (χ3n) is 9.56. The lowest BCUT2D eigenvalue weighted by atomic mass is 9.74. The highest BCUT2D eigenvalue weighted by Gasteiger charge is 2.30. The number of aromatic hydroxyl groups is 3. The minimum absolute atomic E-state index is 0.0566. The third-order valence-corrected chi connectivity index (χ3v) is 9.56. The van der Waals surface area contributed by atoms with E-state index >= 15 is 0 Å². The molecule has 5 rings (SSSR count). The molecule has 0 aliphatic heterocycles. The first-order chi connectivity index (χ1) is 18.3. The molecule has 3 aromatic carbocycles. The average molecular weight is 513 g/mol. The van der Waals surface area contributed by atoms with Crippen molar-refractivity contribution >= 4 is 0 Å². The van der Waals surface area contributed by atoms with Crippen LogP contribution in [0.15, 0.2) is 36.4 Å². The molecular weight excluding hydrogens is 468 g/mol. The minimum atomic E-state index is -0.0566. The van der Waals surface area contributed by atoms with Crippen LogP contribution in [0.3, 0.4) is 0 Å². The summed E-state index contributed by atoms with van der Waals surface area (Å²) >= 11 is 0. The number of hydrogen-bond donors (Lipinski definition) is 3. The summed E-state index contributed by atoms with van der Waals surface area (Å²) in [7, 11) is 0. The van der Waals surface area contributed by atoms with E-state index in [0.29, 0.717) is 29.1 Å². The maximum absolute atomic E-state index is 11.1. The summed E-state index contributed by atoms with van der Waals surface area (Å²) in [5, 5.41) is 32.7. The van der Waals surface area contributed by atoms with Gasteiger partial charge in [-0.1, -0.05) is 62.8 Å². The van der Waals surface area contributed by atoms with Crippen LogP contribution < -0.4 is 0 Å². The zero-order valence-corrected chi connectivity index (χ0v) is 23.6. The smallest absolute Gasteiger partial charge is 0.121 e. The van der Waals surface area contributed by atoms with Crippen LogP contribution in [-0.2, 0) is 0 Å². The second kappa shape index (κ2) is 11.0. The molecular formula is C35H44O3. The van der Waals surface area contributed by atoms with Crippen molar-refractivity contribution in [3.05, 3.63) is 86.5 Å². The predicted octanol–water partition coefficient (Wildman–Crippen LogP) is 9.31. The van der Waals surface area contributed by atoms with Crippen LogP contribution in [0.1, 0.15) is 132 Å². The summed E-state index contributed by atoms with van der Waals surface area (Å²) in [6.07, 6.45) is 11.9. The molecule has 2 fully saturated rings. The summed E-state index contributed by atoms with van der Waals surface area (Å²) < 4.78 is 0. The van der Waals surface area contributed by atoms with Gasteiger partial charge in [-0.3, -0.25) is 0 Å². The highest BCUT2D eigenvalue weighted by Crippen LogP contribution is 2.47. The van der Waals surface area contributed by atoms with Crippen LogP contribution >= 0.6 is 0 Å². The van der Waals surface area contributed by atoms with Crippen LogP contribution in [0.2, 0.25) is 0 Å². The molecule has 0 saturated heterocycles. The predicted molar refractivity (Wildman–Crippen MR) is 156 cm³/mol. The van der Waals surface area contributed by atoms with Gasteiger partial charge in [0.1, 0.15) is 17.2 Å². The maximum Gasteiger partial charge on any atom is 0.121 e. The van der Waals surface area contributed by atoms with Gasteiger partial charge >= 0.3 is 0 Å².